The van der Waals surface area contributed by atoms with E-state index in [1.165, 1.54) is 43.3 Å². The van der Waals surface area contributed by atoms with Crippen LogP contribution in [0.4, 0.5) is 10.1 Å². The first-order valence-corrected chi connectivity index (χ1v) is 14.9. The fraction of sp³-hybridized carbons (Fsp3) is 0.138. The third kappa shape index (κ3) is 6.76. The molecule has 39 heavy (non-hydrogen) atoms. The van der Waals surface area contributed by atoms with Crippen LogP contribution in [0.25, 0.3) is 0 Å². The molecule has 0 aliphatic rings. The molecule has 0 aliphatic carbocycles. The molecule has 0 fully saturated rings. The first-order valence-electron chi connectivity index (χ1n) is 11.9. The van der Waals surface area contributed by atoms with Crippen molar-refractivity contribution in [3.8, 4) is 0 Å². The molecular formula is C29H25Cl2FN2O3S2. The summed E-state index contributed by atoms with van der Waals surface area (Å²) in [6.07, 6.45) is 0. The van der Waals surface area contributed by atoms with Gasteiger partial charge in [-0.2, -0.15) is 0 Å². The summed E-state index contributed by atoms with van der Waals surface area (Å²) in [7, 11) is -4.38. The maximum absolute atomic E-state index is 15.0. The molecule has 0 heterocycles. The van der Waals surface area contributed by atoms with Gasteiger partial charge in [0.15, 0.2) is 0 Å². The molecule has 0 spiro atoms. The number of carbonyl (C=O) groups is 1. The predicted molar refractivity (Wildman–Crippen MR) is 156 cm³/mol. The molecule has 4 aromatic rings. The van der Waals surface area contributed by atoms with Gasteiger partial charge in [-0.25, -0.2) is 12.8 Å². The number of sulfonamides is 1. The fourth-order valence-corrected chi connectivity index (χ4v) is 6.84. The number of hydrogen-bond donors (Lipinski definition) is 1. The zero-order valence-corrected chi connectivity index (χ0v) is 24.2. The summed E-state index contributed by atoms with van der Waals surface area (Å²) in [6.45, 7) is 3.57. The van der Waals surface area contributed by atoms with E-state index in [1.54, 1.807) is 11.8 Å². The smallest absolute Gasteiger partial charge is 0.265 e. The summed E-state index contributed by atoms with van der Waals surface area (Å²) in [5.41, 5.74) is 1.64. The van der Waals surface area contributed by atoms with Gasteiger partial charge in [-0.3, -0.25) is 9.10 Å². The van der Waals surface area contributed by atoms with Crippen LogP contribution >= 0.6 is 35.0 Å². The van der Waals surface area contributed by atoms with Crippen LogP contribution in [0.2, 0.25) is 10.0 Å². The molecule has 202 valence electrons. The van der Waals surface area contributed by atoms with Gasteiger partial charge in [0.05, 0.1) is 10.6 Å². The highest BCUT2D eigenvalue weighted by atomic mass is 35.5. The SMILES string of the molecule is Cc1ccccc1Sc1ccccc1CNC(=O)[C@@H](C)N(c1cc(Cl)ccc1F)S(=O)(=O)c1ccc(Cl)cc1. The topological polar surface area (TPSA) is 66.5 Å². The molecule has 1 amide bonds. The van der Waals surface area contributed by atoms with Gasteiger partial charge in [0, 0.05) is 26.4 Å². The largest absolute Gasteiger partial charge is 0.350 e. The quantitative estimate of drug-likeness (QED) is 0.215. The number of carbonyl (C=O) groups excluding carboxylic acids is 1. The predicted octanol–water partition coefficient (Wildman–Crippen LogP) is 7.49. The van der Waals surface area contributed by atoms with Gasteiger partial charge in [-0.05, 0) is 79.6 Å². The third-order valence-corrected chi connectivity index (χ3v) is 9.67. The van der Waals surface area contributed by atoms with Crippen LogP contribution < -0.4 is 9.62 Å². The van der Waals surface area contributed by atoms with E-state index in [0.717, 1.165) is 31.3 Å². The molecule has 5 nitrogen and oxygen atoms in total. The normalized spacial score (nSPS) is 12.1. The Kier molecular flexibility index (Phi) is 9.23. The van der Waals surface area contributed by atoms with Crippen LogP contribution in [0.5, 0.6) is 0 Å². The maximum Gasteiger partial charge on any atom is 0.265 e. The Hall–Kier alpha value is -3.04. The maximum atomic E-state index is 15.0. The lowest BCUT2D eigenvalue weighted by atomic mass is 10.2. The molecule has 4 aromatic carbocycles. The monoisotopic (exact) mass is 602 g/mol. The number of hydrogen-bond acceptors (Lipinski definition) is 4. The Morgan fingerprint density at radius 1 is 0.923 bits per heavy atom. The molecule has 0 bridgehead atoms. The van der Waals surface area contributed by atoms with Crippen molar-refractivity contribution in [3.05, 3.63) is 118 Å². The average Bonchev–Trinajstić information content (AvgIpc) is 2.91. The minimum Gasteiger partial charge on any atom is -0.350 e. The van der Waals surface area contributed by atoms with E-state index in [4.69, 9.17) is 23.2 Å². The van der Waals surface area contributed by atoms with Crippen molar-refractivity contribution in [1.82, 2.24) is 5.32 Å². The second-order valence-corrected chi connectivity index (χ2v) is 12.5. The van der Waals surface area contributed by atoms with E-state index in [9.17, 15) is 17.6 Å². The van der Waals surface area contributed by atoms with Gasteiger partial charge in [0.2, 0.25) is 5.91 Å². The lowest BCUT2D eigenvalue weighted by Gasteiger charge is -2.30. The summed E-state index contributed by atoms with van der Waals surface area (Å²) in [5.74, 6) is -1.45. The van der Waals surface area contributed by atoms with Crippen molar-refractivity contribution < 1.29 is 17.6 Å². The number of anilines is 1. The third-order valence-electron chi connectivity index (χ3n) is 5.99. The van der Waals surface area contributed by atoms with Gasteiger partial charge >= 0.3 is 0 Å². The Morgan fingerprint density at radius 2 is 1.54 bits per heavy atom. The van der Waals surface area contributed by atoms with E-state index in [-0.39, 0.29) is 22.2 Å². The molecular weight excluding hydrogens is 578 g/mol. The van der Waals surface area contributed by atoms with Gasteiger partial charge in [-0.1, -0.05) is 71.4 Å². The van der Waals surface area contributed by atoms with Crippen molar-refractivity contribution in [1.29, 1.82) is 0 Å². The Labute approximate surface area is 242 Å². The van der Waals surface area contributed by atoms with E-state index < -0.39 is 27.8 Å². The highest BCUT2D eigenvalue weighted by Crippen LogP contribution is 2.33. The van der Waals surface area contributed by atoms with E-state index in [2.05, 4.69) is 5.32 Å². The van der Waals surface area contributed by atoms with Crippen molar-refractivity contribution in [3.63, 3.8) is 0 Å². The molecule has 1 atom stereocenters. The second-order valence-electron chi connectivity index (χ2n) is 8.72. The van der Waals surface area contributed by atoms with Crippen LogP contribution in [-0.2, 0) is 21.4 Å². The molecule has 0 saturated carbocycles. The van der Waals surface area contributed by atoms with Crippen LogP contribution in [0.1, 0.15) is 18.1 Å². The minimum absolute atomic E-state index is 0.123. The van der Waals surface area contributed by atoms with Crippen LogP contribution in [0.15, 0.2) is 106 Å². The molecule has 0 unspecified atom stereocenters. The van der Waals surface area contributed by atoms with Gasteiger partial charge in [0.25, 0.3) is 10.0 Å². The van der Waals surface area contributed by atoms with Crippen LogP contribution in [0, 0.1) is 12.7 Å². The number of benzene rings is 4. The number of nitrogens with one attached hydrogen (secondary N) is 1. The van der Waals surface area contributed by atoms with Crippen molar-refractivity contribution in [2.24, 2.45) is 0 Å². The molecule has 0 saturated heterocycles. The van der Waals surface area contributed by atoms with Crippen molar-refractivity contribution in [2.45, 2.75) is 41.1 Å². The molecule has 1 N–H and O–H groups in total. The first kappa shape index (κ1) is 29.0. The molecule has 10 heteroatoms. The van der Waals surface area contributed by atoms with Crippen molar-refractivity contribution >= 4 is 56.6 Å². The van der Waals surface area contributed by atoms with Crippen LogP contribution in [-0.4, -0.2) is 20.4 Å². The zero-order chi connectivity index (χ0) is 28.2. The fourth-order valence-electron chi connectivity index (χ4n) is 3.90. The average molecular weight is 604 g/mol. The summed E-state index contributed by atoms with van der Waals surface area (Å²) in [4.78, 5) is 15.3. The zero-order valence-electron chi connectivity index (χ0n) is 21.1. The summed E-state index contributed by atoms with van der Waals surface area (Å²) >= 11 is 13.6. The second kappa shape index (κ2) is 12.4. The highest BCUT2D eigenvalue weighted by Gasteiger charge is 2.35. The standard InChI is InChI=1S/C29H25Cl2FN2O3S2/c1-19-7-3-5-9-27(19)38-28-10-6-4-8-21(28)18-33-29(35)20(2)34(26-17-23(31)13-16-25(26)32)39(36,37)24-14-11-22(30)12-15-24/h3-17,20H,18H2,1-2H3,(H,33,35)/t20-/m1/s1. The number of amides is 1. The Balaban J connectivity index is 1.63. The lowest BCUT2D eigenvalue weighted by Crippen LogP contribution is -2.48. The van der Waals surface area contributed by atoms with E-state index in [0.29, 0.717) is 5.02 Å². The minimum atomic E-state index is -4.38. The molecule has 0 aliphatic heterocycles. The number of nitrogens with zero attached hydrogens (tertiary/aromatic N) is 1. The highest BCUT2D eigenvalue weighted by molar-refractivity contribution is 7.99. The van der Waals surface area contributed by atoms with Crippen molar-refractivity contribution in [2.75, 3.05) is 4.31 Å². The summed E-state index contributed by atoms with van der Waals surface area (Å²) in [5, 5.41) is 3.28. The Bertz CT molecular complexity index is 1600. The summed E-state index contributed by atoms with van der Waals surface area (Å²) < 4.78 is 43.1. The van der Waals surface area contributed by atoms with E-state index >= 15 is 0 Å². The number of rotatable bonds is 9. The first-order chi connectivity index (χ1) is 18.6. The van der Waals surface area contributed by atoms with Crippen LogP contribution in [0.3, 0.4) is 0 Å². The lowest BCUT2D eigenvalue weighted by molar-refractivity contribution is -0.122. The molecule has 0 radical (unpaired) electrons. The number of aryl methyl sites for hydroxylation is 1. The molecule has 4 rings (SSSR count). The number of halogens is 3. The summed E-state index contributed by atoms with van der Waals surface area (Å²) in [6, 6.07) is 23.3. The van der Waals surface area contributed by atoms with Gasteiger partial charge in [-0.15, -0.1) is 0 Å². The van der Waals surface area contributed by atoms with E-state index in [1.807, 2.05) is 55.5 Å². The van der Waals surface area contributed by atoms with Gasteiger partial charge < -0.3 is 5.32 Å². The Morgan fingerprint density at radius 3 is 2.23 bits per heavy atom. The van der Waals surface area contributed by atoms with Gasteiger partial charge in [0.1, 0.15) is 11.9 Å². The molecule has 0 aromatic heterocycles.